The van der Waals surface area contributed by atoms with E-state index < -0.39 is 0 Å². The summed E-state index contributed by atoms with van der Waals surface area (Å²) in [7, 11) is 0. The van der Waals surface area contributed by atoms with Gasteiger partial charge < -0.3 is 15.2 Å². The minimum atomic E-state index is -0.126. The Morgan fingerprint density at radius 2 is 2.41 bits per heavy atom. The van der Waals surface area contributed by atoms with E-state index in [0.717, 1.165) is 30.7 Å². The highest BCUT2D eigenvalue weighted by Crippen LogP contribution is 2.17. The van der Waals surface area contributed by atoms with Crippen molar-refractivity contribution in [2.75, 3.05) is 13.1 Å². The highest BCUT2D eigenvalue weighted by molar-refractivity contribution is 5.93. The maximum absolute atomic E-state index is 11.9. The average molecular weight is 237 g/mol. The highest BCUT2D eigenvalue weighted by Gasteiger charge is 2.23. The standard InChI is InChI=1S/C12H19N3O2/c1-8(2)3-6-14-12(16)11-9-7-13-5-4-10(9)17-15-11/h8,13H,3-7H2,1-2H3,(H,14,16). The molecule has 0 bridgehead atoms. The number of hydrogen-bond acceptors (Lipinski definition) is 4. The molecular formula is C12H19N3O2. The number of carbonyl (C=O) groups excluding carboxylic acids is 1. The van der Waals surface area contributed by atoms with E-state index in [1.807, 2.05) is 0 Å². The predicted octanol–water partition coefficient (Wildman–Crippen LogP) is 1.10. The summed E-state index contributed by atoms with van der Waals surface area (Å²) in [4.78, 5) is 11.9. The lowest BCUT2D eigenvalue weighted by atomic mass is 10.1. The summed E-state index contributed by atoms with van der Waals surface area (Å²) in [6.07, 6.45) is 1.78. The normalized spacial score (nSPS) is 14.8. The van der Waals surface area contributed by atoms with Crippen molar-refractivity contribution < 1.29 is 9.32 Å². The Hall–Kier alpha value is -1.36. The lowest BCUT2D eigenvalue weighted by Crippen LogP contribution is -2.29. The van der Waals surface area contributed by atoms with Crippen molar-refractivity contribution in [1.82, 2.24) is 15.8 Å². The molecule has 2 rings (SSSR count). The number of carbonyl (C=O) groups is 1. The van der Waals surface area contributed by atoms with Gasteiger partial charge in [0, 0.05) is 31.6 Å². The lowest BCUT2D eigenvalue weighted by molar-refractivity contribution is 0.0942. The van der Waals surface area contributed by atoms with E-state index in [9.17, 15) is 4.79 Å². The molecule has 1 aliphatic heterocycles. The van der Waals surface area contributed by atoms with Crippen LogP contribution >= 0.6 is 0 Å². The van der Waals surface area contributed by atoms with E-state index in [-0.39, 0.29) is 5.91 Å². The third-order valence-electron chi connectivity index (χ3n) is 2.92. The Kier molecular flexibility index (Phi) is 3.78. The third kappa shape index (κ3) is 2.85. The second-order valence-corrected chi connectivity index (χ2v) is 4.80. The summed E-state index contributed by atoms with van der Waals surface area (Å²) < 4.78 is 5.18. The van der Waals surface area contributed by atoms with Crippen LogP contribution in [0.4, 0.5) is 0 Å². The van der Waals surface area contributed by atoms with E-state index in [2.05, 4.69) is 29.6 Å². The molecule has 0 radical (unpaired) electrons. The lowest BCUT2D eigenvalue weighted by Gasteiger charge is -2.11. The molecule has 5 heteroatoms. The average Bonchev–Trinajstić information content (AvgIpc) is 2.72. The van der Waals surface area contributed by atoms with Gasteiger partial charge in [-0.3, -0.25) is 4.79 Å². The number of rotatable bonds is 4. The molecule has 0 saturated carbocycles. The van der Waals surface area contributed by atoms with E-state index in [1.165, 1.54) is 0 Å². The first-order valence-electron chi connectivity index (χ1n) is 6.15. The van der Waals surface area contributed by atoms with Crippen LogP contribution in [0, 0.1) is 5.92 Å². The summed E-state index contributed by atoms with van der Waals surface area (Å²) in [5, 5.41) is 9.96. The number of nitrogens with one attached hydrogen (secondary N) is 2. The van der Waals surface area contributed by atoms with Crippen LogP contribution in [0.3, 0.4) is 0 Å². The summed E-state index contributed by atoms with van der Waals surface area (Å²) >= 11 is 0. The topological polar surface area (TPSA) is 67.2 Å². The molecular weight excluding hydrogens is 218 g/mol. The van der Waals surface area contributed by atoms with Crippen LogP contribution in [0.25, 0.3) is 0 Å². The first-order chi connectivity index (χ1) is 8.18. The Bertz CT molecular complexity index is 398. The van der Waals surface area contributed by atoms with E-state index in [4.69, 9.17) is 4.52 Å². The van der Waals surface area contributed by atoms with Crippen LogP contribution in [0.15, 0.2) is 4.52 Å². The molecule has 0 saturated heterocycles. The second-order valence-electron chi connectivity index (χ2n) is 4.80. The van der Waals surface area contributed by atoms with Crippen molar-refractivity contribution >= 4 is 5.91 Å². The van der Waals surface area contributed by atoms with Gasteiger partial charge in [0.15, 0.2) is 5.69 Å². The Labute approximate surface area is 101 Å². The molecule has 0 unspecified atom stereocenters. The molecule has 0 aliphatic carbocycles. The SMILES string of the molecule is CC(C)CCNC(=O)c1noc2c1CNCC2. The molecule has 1 amide bonds. The maximum atomic E-state index is 11.9. The Balaban J connectivity index is 1.97. The largest absolute Gasteiger partial charge is 0.360 e. The second kappa shape index (κ2) is 5.31. The Morgan fingerprint density at radius 3 is 3.18 bits per heavy atom. The monoisotopic (exact) mass is 237 g/mol. The van der Waals surface area contributed by atoms with Crippen LogP contribution in [0.2, 0.25) is 0 Å². The van der Waals surface area contributed by atoms with E-state index >= 15 is 0 Å². The van der Waals surface area contributed by atoms with Gasteiger partial charge in [0.2, 0.25) is 0 Å². The molecule has 94 valence electrons. The van der Waals surface area contributed by atoms with Crippen LogP contribution in [0.1, 0.15) is 42.1 Å². The summed E-state index contributed by atoms with van der Waals surface area (Å²) in [5.41, 5.74) is 1.36. The fraction of sp³-hybridized carbons (Fsp3) is 0.667. The first-order valence-corrected chi connectivity index (χ1v) is 6.15. The van der Waals surface area contributed by atoms with Gasteiger partial charge >= 0.3 is 0 Å². The number of aromatic nitrogens is 1. The third-order valence-corrected chi connectivity index (χ3v) is 2.92. The van der Waals surface area contributed by atoms with Crippen LogP contribution in [0.5, 0.6) is 0 Å². The minimum absolute atomic E-state index is 0.126. The summed E-state index contributed by atoms with van der Waals surface area (Å²) in [6, 6.07) is 0. The maximum Gasteiger partial charge on any atom is 0.273 e. The number of fused-ring (bicyclic) bond motifs is 1. The summed E-state index contributed by atoms with van der Waals surface area (Å²) in [6.45, 7) is 6.51. The van der Waals surface area contributed by atoms with Crippen molar-refractivity contribution in [2.45, 2.75) is 33.2 Å². The van der Waals surface area contributed by atoms with E-state index in [1.54, 1.807) is 0 Å². The molecule has 17 heavy (non-hydrogen) atoms. The summed E-state index contributed by atoms with van der Waals surface area (Å²) in [5.74, 6) is 1.31. The predicted molar refractivity (Wildman–Crippen MR) is 63.7 cm³/mol. The van der Waals surface area contributed by atoms with E-state index in [0.29, 0.717) is 24.7 Å². The number of amides is 1. The van der Waals surface area contributed by atoms with Crippen LogP contribution < -0.4 is 10.6 Å². The quantitative estimate of drug-likeness (QED) is 0.822. The van der Waals surface area contributed by atoms with Gasteiger partial charge in [0.05, 0.1) is 0 Å². The minimum Gasteiger partial charge on any atom is -0.360 e. The molecule has 0 spiro atoms. The van der Waals surface area contributed by atoms with Gasteiger partial charge in [-0.1, -0.05) is 19.0 Å². The zero-order chi connectivity index (χ0) is 12.3. The first kappa shape index (κ1) is 12.1. The molecule has 0 aromatic carbocycles. The zero-order valence-corrected chi connectivity index (χ0v) is 10.4. The van der Waals surface area contributed by atoms with Crippen molar-refractivity contribution in [3.8, 4) is 0 Å². The number of hydrogen-bond donors (Lipinski definition) is 2. The van der Waals surface area contributed by atoms with Gasteiger partial charge in [-0.05, 0) is 12.3 Å². The van der Waals surface area contributed by atoms with Crippen molar-refractivity contribution in [2.24, 2.45) is 5.92 Å². The van der Waals surface area contributed by atoms with Gasteiger partial charge in [0.1, 0.15) is 5.76 Å². The zero-order valence-electron chi connectivity index (χ0n) is 10.4. The van der Waals surface area contributed by atoms with Gasteiger partial charge in [0.25, 0.3) is 5.91 Å². The van der Waals surface area contributed by atoms with Gasteiger partial charge in [-0.25, -0.2) is 0 Å². The van der Waals surface area contributed by atoms with Crippen LogP contribution in [-0.2, 0) is 13.0 Å². The Morgan fingerprint density at radius 1 is 1.59 bits per heavy atom. The van der Waals surface area contributed by atoms with Crippen molar-refractivity contribution in [3.05, 3.63) is 17.0 Å². The molecule has 2 N–H and O–H groups in total. The molecule has 1 aromatic heterocycles. The highest BCUT2D eigenvalue weighted by atomic mass is 16.5. The molecule has 0 atom stereocenters. The van der Waals surface area contributed by atoms with Crippen LogP contribution in [-0.4, -0.2) is 24.2 Å². The molecule has 1 aromatic rings. The fourth-order valence-corrected chi connectivity index (χ4v) is 1.87. The molecule has 0 fully saturated rings. The van der Waals surface area contributed by atoms with Crippen molar-refractivity contribution in [1.29, 1.82) is 0 Å². The molecule has 5 nitrogen and oxygen atoms in total. The number of nitrogens with zero attached hydrogens (tertiary/aromatic N) is 1. The fourth-order valence-electron chi connectivity index (χ4n) is 1.87. The van der Waals surface area contributed by atoms with Gasteiger partial charge in [-0.15, -0.1) is 0 Å². The van der Waals surface area contributed by atoms with Gasteiger partial charge in [-0.2, -0.15) is 0 Å². The smallest absolute Gasteiger partial charge is 0.273 e. The molecule has 2 heterocycles. The van der Waals surface area contributed by atoms with Crippen molar-refractivity contribution in [3.63, 3.8) is 0 Å². The molecule has 1 aliphatic rings.